The lowest BCUT2D eigenvalue weighted by atomic mass is 10.2. The molecule has 7 nitrogen and oxygen atoms in total. The lowest BCUT2D eigenvalue weighted by Crippen LogP contribution is -2.40. The number of carbonyl (C=O) groups is 2. The summed E-state index contributed by atoms with van der Waals surface area (Å²) < 4.78 is 10.4. The second-order valence-electron chi connectivity index (χ2n) is 5.89. The summed E-state index contributed by atoms with van der Waals surface area (Å²) in [6.45, 7) is 3.14. The molecule has 1 aromatic heterocycles. The van der Waals surface area contributed by atoms with Gasteiger partial charge in [-0.05, 0) is 18.0 Å². The topological polar surface area (TPSA) is 79.9 Å². The molecule has 0 aliphatic heterocycles. The quantitative estimate of drug-likeness (QED) is 0.611. The number of halogens is 1. The van der Waals surface area contributed by atoms with Crippen molar-refractivity contribution in [1.82, 2.24) is 10.2 Å². The SMILES string of the molecule is CCN(CC(=O)NCc1cccs1)CC(=O)Nc1cc(OC)c(Cl)cc1OC. The van der Waals surface area contributed by atoms with Gasteiger partial charge >= 0.3 is 0 Å². The molecule has 0 atom stereocenters. The molecular weight excluding hydrogens is 402 g/mol. The molecule has 0 radical (unpaired) electrons. The summed E-state index contributed by atoms with van der Waals surface area (Å²) in [6, 6.07) is 7.08. The number of amides is 2. The molecule has 1 aromatic carbocycles. The zero-order valence-corrected chi connectivity index (χ0v) is 17.7. The Morgan fingerprint density at radius 2 is 1.86 bits per heavy atom. The molecule has 0 spiro atoms. The highest BCUT2D eigenvalue weighted by atomic mass is 35.5. The molecule has 0 aliphatic rings. The van der Waals surface area contributed by atoms with Crippen molar-refractivity contribution >= 4 is 40.4 Å². The third-order valence-corrected chi connectivity index (χ3v) is 5.14. The Bertz CT molecular complexity index is 799. The number of methoxy groups -OCH3 is 2. The van der Waals surface area contributed by atoms with Crippen LogP contribution in [0.3, 0.4) is 0 Å². The number of anilines is 1. The van der Waals surface area contributed by atoms with Gasteiger partial charge in [0.25, 0.3) is 0 Å². The number of ether oxygens (including phenoxy) is 2. The Morgan fingerprint density at radius 1 is 1.14 bits per heavy atom. The van der Waals surface area contributed by atoms with Crippen LogP contribution in [0, 0.1) is 0 Å². The van der Waals surface area contributed by atoms with Crippen molar-refractivity contribution in [2.24, 2.45) is 0 Å². The van der Waals surface area contributed by atoms with E-state index < -0.39 is 0 Å². The molecule has 2 amide bonds. The van der Waals surface area contributed by atoms with Gasteiger partial charge in [-0.1, -0.05) is 24.6 Å². The Kier molecular flexibility index (Phi) is 8.56. The number of thiophene rings is 1. The first-order chi connectivity index (χ1) is 13.5. The van der Waals surface area contributed by atoms with Gasteiger partial charge in [0.05, 0.1) is 44.6 Å². The van der Waals surface area contributed by atoms with Gasteiger partial charge in [0.15, 0.2) is 0 Å². The predicted molar refractivity (Wildman–Crippen MR) is 111 cm³/mol. The van der Waals surface area contributed by atoms with Gasteiger partial charge in [-0.2, -0.15) is 0 Å². The van der Waals surface area contributed by atoms with Gasteiger partial charge < -0.3 is 20.1 Å². The smallest absolute Gasteiger partial charge is 0.238 e. The summed E-state index contributed by atoms with van der Waals surface area (Å²) >= 11 is 7.66. The maximum Gasteiger partial charge on any atom is 0.238 e. The molecule has 0 bridgehead atoms. The van der Waals surface area contributed by atoms with E-state index in [0.717, 1.165) is 4.88 Å². The van der Waals surface area contributed by atoms with E-state index in [-0.39, 0.29) is 24.9 Å². The van der Waals surface area contributed by atoms with Crippen LogP contribution in [0.15, 0.2) is 29.6 Å². The monoisotopic (exact) mass is 425 g/mol. The number of hydrogen-bond donors (Lipinski definition) is 2. The molecule has 2 N–H and O–H groups in total. The molecule has 9 heteroatoms. The number of nitrogens with one attached hydrogen (secondary N) is 2. The normalized spacial score (nSPS) is 10.6. The van der Waals surface area contributed by atoms with Gasteiger partial charge in [-0.3, -0.25) is 14.5 Å². The summed E-state index contributed by atoms with van der Waals surface area (Å²) in [6.07, 6.45) is 0. The fourth-order valence-electron chi connectivity index (χ4n) is 2.49. The van der Waals surface area contributed by atoms with E-state index in [0.29, 0.717) is 35.3 Å². The minimum absolute atomic E-state index is 0.0665. The van der Waals surface area contributed by atoms with Crippen LogP contribution in [-0.2, 0) is 16.1 Å². The molecule has 0 saturated carbocycles. The van der Waals surface area contributed by atoms with E-state index in [1.165, 1.54) is 14.2 Å². The van der Waals surface area contributed by atoms with Crippen LogP contribution in [0.4, 0.5) is 5.69 Å². The zero-order chi connectivity index (χ0) is 20.5. The van der Waals surface area contributed by atoms with E-state index in [1.807, 2.05) is 24.4 Å². The number of nitrogens with zero attached hydrogens (tertiary/aromatic N) is 1. The maximum absolute atomic E-state index is 12.4. The highest BCUT2D eigenvalue weighted by Crippen LogP contribution is 2.35. The van der Waals surface area contributed by atoms with Crippen molar-refractivity contribution < 1.29 is 19.1 Å². The highest BCUT2D eigenvalue weighted by Gasteiger charge is 2.16. The fraction of sp³-hybridized carbons (Fsp3) is 0.368. The number of rotatable bonds is 10. The van der Waals surface area contributed by atoms with Crippen LogP contribution in [0.25, 0.3) is 0 Å². The van der Waals surface area contributed by atoms with Crippen LogP contribution in [0.1, 0.15) is 11.8 Å². The Labute approximate surface area is 173 Å². The fourth-order valence-corrected chi connectivity index (χ4v) is 3.36. The van der Waals surface area contributed by atoms with Crippen LogP contribution in [-0.4, -0.2) is 50.6 Å². The van der Waals surface area contributed by atoms with Crippen molar-refractivity contribution in [1.29, 1.82) is 0 Å². The molecule has 28 heavy (non-hydrogen) atoms. The largest absolute Gasteiger partial charge is 0.495 e. The van der Waals surface area contributed by atoms with Crippen LogP contribution in [0.5, 0.6) is 11.5 Å². The summed E-state index contributed by atoms with van der Waals surface area (Å²) in [4.78, 5) is 27.4. The van der Waals surface area contributed by atoms with Crippen molar-refractivity contribution in [3.05, 3.63) is 39.5 Å². The van der Waals surface area contributed by atoms with Gasteiger partial charge in [0.1, 0.15) is 11.5 Å². The third-order valence-electron chi connectivity index (χ3n) is 3.97. The first-order valence-corrected chi connectivity index (χ1v) is 9.95. The predicted octanol–water partition coefficient (Wildman–Crippen LogP) is 3.00. The second kappa shape index (κ2) is 10.9. The molecule has 0 saturated heterocycles. The zero-order valence-electron chi connectivity index (χ0n) is 16.1. The highest BCUT2D eigenvalue weighted by molar-refractivity contribution is 7.09. The van der Waals surface area contributed by atoms with Gasteiger partial charge in [0.2, 0.25) is 11.8 Å². The molecule has 152 valence electrons. The van der Waals surface area contributed by atoms with Crippen molar-refractivity contribution in [3.8, 4) is 11.5 Å². The molecular formula is C19H24ClN3O4S. The Hall–Kier alpha value is -2.29. The van der Waals surface area contributed by atoms with Crippen molar-refractivity contribution in [2.45, 2.75) is 13.5 Å². The van der Waals surface area contributed by atoms with E-state index in [4.69, 9.17) is 21.1 Å². The molecule has 1 heterocycles. The number of benzene rings is 1. The second-order valence-corrected chi connectivity index (χ2v) is 7.33. The van der Waals surface area contributed by atoms with Crippen LogP contribution >= 0.6 is 22.9 Å². The Balaban J connectivity index is 1.92. The van der Waals surface area contributed by atoms with E-state index >= 15 is 0 Å². The standard InChI is InChI=1S/C19H24ClN3O4S/c1-4-23(11-18(24)21-10-13-6-5-7-28-13)12-19(25)22-15-9-16(26-2)14(20)8-17(15)27-3/h5-9H,4,10-12H2,1-3H3,(H,21,24)(H,22,25). The lowest BCUT2D eigenvalue weighted by molar-refractivity contribution is -0.123. The number of hydrogen-bond acceptors (Lipinski definition) is 6. The van der Waals surface area contributed by atoms with Crippen LogP contribution in [0.2, 0.25) is 5.02 Å². The van der Waals surface area contributed by atoms with E-state index in [2.05, 4.69) is 10.6 Å². The third kappa shape index (κ3) is 6.40. The first kappa shape index (κ1) is 22.0. The summed E-state index contributed by atoms with van der Waals surface area (Å²) in [5.74, 6) is 0.457. The molecule has 2 aromatic rings. The van der Waals surface area contributed by atoms with Gasteiger partial charge in [-0.15, -0.1) is 11.3 Å². The molecule has 0 aliphatic carbocycles. The van der Waals surface area contributed by atoms with Gasteiger partial charge in [0, 0.05) is 17.0 Å². The molecule has 0 fully saturated rings. The number of likely N-dealkylation sites (N-methyl/N-ethyl adjacent to an activating group) is 1. The summed E-state index contributed by atoms with van der Waals surface area (Å²) in [7, 11) is 2.98. The van der Waals surface area contributed by atoms with Crippen molar-refractivity contribution in [3.63, 3.8) is 0 Å². The van der Waals surface area contributed by atoms with E-state index in [9.17, 15) is 9.59 Å². The summed E-state index contributed by atoms with van der Waals surface area (Å²) in [5, 5.41) is 7.99. The Morgan fingerprint density at radius 3 is 2.46 bits per heavy atom. The minimum Gasteiger partial charge on any atom is -0.495 e. The summed E-state index contributed by atoms with van der Waals surface area (Å²) in [5.41, 5.74) is 0.451. The average molecular weight is 426 g/mol. The minimum atomic E-state index is -0.268. The molecule has 2 rings (SSSR count). The number of carbonyl (C=O) groups excluding carboxylic acids is 2. The van der Waals surface area contributed by atoms with Crippen LogP contribution < -0.4 is 20.1 Å². The lowest BCUT2D eigenvalue weighted by Gasteiger charge is -2.20. The van der Waals surface area contributed by atoms with E-state index in [1.54, 1.807) is 28.4 Å². The first-order valence-electron chi connectivity index (χ1n) is 8.69. The maximum atomic E-state index is 12.4. The molecule has 0 unspecified atom stereocenters. The van der Waals surface area contributed by atoms with Crippen molar-refractivity contribution in [2.75, 3.05) is 39.2 Å². The van der Waals surface area contributed by atoms with Gasteiger partial charge in [-0.25, -0.2) is 0 Å². The average Bonchev–Trinajstić information content (AvgIpc) is 3.20.